The highest BCUT2D eigenvalue weighted by Gasteiger charge is 2.20. The smallest absolute Gasteiger partial charge is 0.261 e. The van der Waals surface area contributed by atoms with Gasteiger partial charge in [0.25, 0.3) is 15.9 Å². The van der Waals surface area contributed by atoms with Gasteiger partial charge in [-0.25, -0.2) is 12.8 Å². The van der Waals surface area contributed by atoms with Crippen molar-refractivity contribution in [1.29, 1.82) is 0 Å². The standard InChI is InChI=1S/C21H18ClFN2O3S/c1-13-4-3-5-15(10-13)25-29(27,28)16-7-8-18(22)17(12-16)21(26)24-20-9-6-14(2)11-19(20)23/h3-12,25H,1-2H3,(H,24,26). The van der Waals surface area contributed by atoms with Gasteiger partial charge in [0.1, 0.15) is 5.82 Å². The van der Waals surface area contributed by atoms with Crippen molar-refractivity contribution in [2.75, 3.05) is 10.0 Å². The molecule has 0 aliphatic rings. The number of halogens is 2. The van der Waals surface area contributed by atoms with Crippen LogP contribution in [0.2, 0.25) is 5.02 Å². The van der Waals surface area contributed by atoms with Gasteiger partial charge in [-0.05, 0) is 67.4 Å². The summed E-state index contributed by atoms with van der Waals surface area (Å²) in [6, 6.07) is 15.0. The molecule has 150 valence electrons. The first-order valence-corrected chi connectivity index (χ1v) is 10.5. The van der Waals surface area contributed by atoms with Gasteiger partial charge in [-0.2, -0.15) is 0 Å². The van der Waals surface area contributed by atoms with E-state index in [0.29, 0.717) is 11.3 Å². The summed E-state index contributed by atoms with van der Waals surface area (Å²) < 4.78 is 41.9. The average Bonchev–Trinajstić information content (AvgIpc) is 2.63. The number of rotatable bonds is 5. The second kappa shape index (κ2) is 8.23. The zero-order valence-corrected chi connectivity index (χ0v) is 17.2. The van der Waals surface area contributed by atoms with E-state index < -0.39 is 21.7 Å². The quantitative estimate of drug-likeness (QED) is 0.585. The van der Waals surface area contributed by atoms with E-state index in [0.717, 1.165) is 11.6 Å². The predicted molar refractivity (Wildman–Crippen MR) is 113 cm³/mol. The first-order valence-electron chi connectivity index (χ1n) is 8.62. The van der Waals surface area contributed by atoms with Crippen molar-refractivity contribution < 1.29 is 17.6 Å². The largest absolute Gasteiger partial charge is 0.319 e. The molecule has 0 aliphatic heterocycles. The maximum absolute atomic E-state index is 14.0. The number of sulfonamides is 1. The molecule has 0 saturated carbocycles. The molecule has 0 atom stereocenters. The molecular weight excluding hydrogens is 415 g/mol. The zero-order chi connectivity index (χ0) is 21.2. The topological polar surface area (TPSA) is 75.3 Å². The van der Waals surface area contributed by atoms with Crippen molar-refractivity contribution in [3.63, 3.8) is 0 Å². The summed E-state index contributed by atoms with van der Waals surface area (Å²) in [6.07, 6.45) is 0. The third-order valence-electron chi connectivity index (χ3n) is 4.14. The minimum absolute atomic E-state index is 0.0252. The van der Waals surface area contributed by atoms with Gasteiger partial charge < -0.3 is 5.32 Å². The fourth-order valence-corrected chi connectivity index (χ4v) is 3.96. The number of hydrogen-bond acceptors (Lipinski definition) is 3. The molecule has 0 radical (unpaired) electrons. The molecule has 0 fully saturated rings. The lowest BCUT2D eigenvalue weighted by atomic mass is 10.2. The van der Waals surface area contributed by atoms with Crippen molar-refractivity contribution in [3.8, 4) is 0 Å². The molecule has 0 aromatic heterocycles. The van der Waals surface area contributed by atoms with Crippen LogP contribution in [0, 0.1) is 19.7 Å². The van der Waals surface area contributed by atoms with Gasteiger partial charge in [0, 0.05) is 5.69 Å². The average molecular weight is 433 g/mol. The number of carbonyl (C=O) groups is 1. The Morgan fingerprint density at radius 3 is 2.38 bits per heavy atom. The van der Waals surface area contributed by atoms with Crippen molar-refractivity contribution in [3.05, 3.63) is 88.2 Å². The van der Waals surface area contributed by atoms with Crippen molar-refractivity contribution in [2.45, 2.75) is 18.7 Å². The van der Waals surface area contributed by atoms with E-state index in [1.165, 1.54) is 24.3 Å². The summed E-state index contributed by atoms with van der Waals surface area (Å²) in [5.41, 5.74) is 1.88. The minimum Gasteiger partial charge on any atom is -0.319 e. The molecule has 3 aromatic carbocycles. The van der Waals surface area contributed by atoms with Gasteiger partial charge in [0.15, 0.2) is 0 Å². The monoisotopic (exact) mass is 432 g/mol. The third-order valence-corrected chi connectivity index (χ3v) is 5.84. The van der Waals surface area contributed by atoms with Gasteiger partial charge in [0.05, 0.1) is 21.2 Å². The number of aryl methyl sites for hydroxylation is 2. The molecule has 5 nitrogen and oxygen atoms in total. The van der Waals surface area contributed by atoms with E-state index in [1.54, 1.807) is 31.2 Å². The second-order valence-corrected chi connectivity index (χ2v) is 8.64. The van der Waals surface area contributed by atoms with Crippen LogP contribution in [0.25, 0.3) is 0 Å². The first kappa shape index (κ1) is 20.8. The summed E-state index contributed by atoms with van der Waals surface area (Å²) in [6.45, 7) is 3.56. The van der Waals surface area contributed by atoms with E-state index in [4.69, 9.17) is 11.6 Å². The molecule has 0 bridgehead atoms. The Morgan fingerprint density at radius 1 is 0.966 bits per heavy atom. The third kappa shape index (κ3) is 4.93. The summed E-state index contributed by atoms with van der Waals surface area (Å²) in [5.74, 6) is -1.32. The van der Waals surface area contributed by atoms with Gasteiger partial charge in [0.2, 0.25) is 0 Å². The van der Waals surface area contributed by atoms with Crippen molar-refractivity contribution >= 4 is 38.9 Å². The lowest BCUT2D eigenvalue weighted by Crippen LogP contribution is -2.17. The number of amides is 1. The lowest BCUT2D eigenvalue weighted by Gasteiger charge is -2.12. The van der Waals surface area contributed by atoms with Gasteiger partial charge in [-0.1, -0.05) is 29.8 Å². The molecule has 0 unspecified atom stereocenters. The fraction of sp³-hybridized carbons (Fsp3) is 0.0952. The van der Waals surface area contributed by atoms with Crippen LogP contribution in [0.15, 0.2) is 65.6 Å². The molecule has 1 amide bonds. The van der Waals surface area contributed by atoms with Crippen LogP contribution in [0.1, 0.15) is 21.5 Å². The molecule has 3 aromatic rings. The van der Waals surface area contributed by atoms with E-state index in [9.17, 15) is 17.6 Å². The summed E-state index contributed by atoms with van der Waals surface area (Å²) >= 11 is 6.08. The van der Waals surface area contributed by atoms with Crippen LogP contribution in [-0.4, -0.2) is 14.3 Å². The molecule has 29 heavy (non-hydrogen) atoms. The molecular formula is C21H18ClFN2O3S. The van der Waals surface area contributed by atoms with E-state index in [1.807, 2.05) is 13.0 Å². The summed E-state index contributed by atoms with van der Waals surface area (Å²) in [5, 5.41) is 2.46. The highest BCUT2D eigenvalue weighted by atomic mass is 35.5. The van der Waals surface area contributed by atoms with Crippen LogP contribution in [-0.2, 0) is 10.0 Å². The van der Waals surface area contributed by atoms with Crippen LogP contribution in [0.4, 0.5) is 15.8 Å². The number of hydrogen-bond donors (Lipinski definition) is 2. The molecule has 0 spiro atoms. The molecule has 0 aliphatic carbocycles. The van der Waals surface area contributed by atoms with Crippen LogP contribution in [0.5, 0.6) is 0 Å². The maximum Gasteiger partial charge on any atom is 0.261 e. The fourth-order valence-electron chi connectivity index (χ4n) is 2.68. The minimum atomic E-state index is -3.95. The second-order valence-electron chi connectivity index (χ2n) is 6.55. The van der Waals surface area contributed by atoms with Gasteiger partial charge in [-0.3, -0.25) is 9.52 Å². The highest BCUT2D eigenvalue weighted by molar-refractivity contribution is 7.92. The molecule has 8 heteroatoms. The number of carbonyl (C=O) groups excluding carboxylic acids is 1. The van der Waals surface area contributed by atoms with Crippen LogP contribution >= 0.6 is 11.6 Å². The Morgan fingerprint density at radius 2 is 1.69 bits per heavy atom. The zero-order valence-electron chi connectivity index (χ0n) is 15.7. The lowest BCUT2D eigenvalue weighted by molar-refractivity contribution is 0.102. The molecule has 0 heterocycles. The highest BCUT2D eigenvalue weighted by Crippen LogP contribution is 2.24. The Hall–Kier alpha value is -2.90. The number of anilines is 2. The Labute approximate surface area is 173 Å². The summed E-state index contributed by atoms with van der Waals surface area (Å²) in [7, 11) is -3.95. The first-order chi connectivity index (χ1) is 13.7. The van der Waals surface area contributed by atoms with Gasteiger partial charge in [-0.15, -0.1) is 0 Å². The van der Waals surface area contributed by atoms with Crippen molar-refractivity contribution in [2.24, 2.45) is 0 Å². The van der Waals surface area contributed by atoms with E-state index in [2.05, 4.69) is 10.0 Å². The predicted octanol–water partition coefficient (Wildman–Crippen LogP) is 5.15. The van der Waals surface area contributed by atoms with Crippen LogP contribution in [0.3, 0.4) is 0 Å². The van der Waals surface area contributed by atoms with E-state index in [-0.39, 0.29) is 21.2 Å². The van der Waals surface area contributed by atoms with Gasteiger partial charge >= 0.3 is 0 Å². The number of nitrogens with one attached hydrogen (secondary N) is 2. The summed E-state index contributed by atoms with van der Waals surface area (Å²) in [4.78, 5) is 12.4. The Balaban J connectivity index is 1.89. The Bertz CT molecular complexity index is 1200. The van der Waals surface area contributed by atoms with E-state index >= 15 is 0 Å². The maximum atomic E-state index is 14.0. The molecule has 2 N–H and O–H groups in total. The normalized spacial score (nSPS) is 11.2. The van der Waals surface area contributed by atoms with Crippen LogP contribution < -0.4 is 10.0 Å². The van der Waals surface area contributed by atoms with Crippen molar-refractivity contribution in [1.82, 2.24) is 0 Å². The molecule has 3 rings (SSSR count). The number of benzene rings is 3. The Kier molecular flexibility index (Phi) is 5.91. The SMILES string of the molecule is Cc1cccc(NS(=O)(=O)c2ccc(Cl)c(C(=O)Nc3ccc(C)cc3F)c2)c1. The molecule has 0 saturated heterocycles.